The molecule has 0 bridgehead atoms. The zero-order valence-corrected chi connectivity index (χ0v) is 19.1. The van der Waals surface area contributed by atoms with Crippen molar-refractivity contribution >= 4 is 23.8 Å². The Morgan fingerprint density at radius 2 is 1.55 bits per heavy atom. The molecule has 0 spiro atoms. The predicted molar refractivity (Wildman–Crippen MR) is 126 cm³/mol. The molecule has 0 saturated carbocycles. The van der Waals surface area contributed by atoms with Gasteiger partial charge in [-0.15, -0.1) is 0 Å². The number of hydrogen-bond donors (Lipinski definition) is 0. The molecule has 1 aliphatic rings. The van der Waals surface area contributed by atoms with E-state index < -0.39 is 16.9 Å². The van der Waals surface area contributed by atoms with Crippen molar-refractivity contribution in [2.24, 2.45) is 0 Å². The fourth-order valence-corrected chi connectivity index (χ4v) is 5.09. The van der Waals surface area contributed by atoms with E-state index in [1.54, 1.807) is 0 Å². The lowest BCUT2D eigenvalue weighted by atomic mass is 10.2. The summed E-state index contributed by atoms with van der Waals surface area (Å²) in [5, 5.41) is 0. The summed E-state index contributed by atoms with van der Waals surface area (Å²) in [6, 6.07) is 26.4. The van der Waals surface area contributed by atoms with Gasteiger partial charge in [-0.3, -0.25) is 4.90 Å². The summed E-state index contributed by atoms with van der Waals surface area (Å²) in [7, 11) is 1.34. The average molecular weight is 464 g/mol. The van der Waals surface area contributed by atoms with E-state index in [2.05, 4.69) is 0 Å². The second-order valence-electron chi connectivity index (χ2n) is 7.56. The van der Waals surface area contributed by atoms with Gasteiger partial charge in [-0.2, -0.15) is 0 Å². The summed E-state index contributed by atoms with van der Waals surface area (Å²) in [5.41, 5.74) is 0.885. The van der Waals surface area contributed by atoms with Gasteiger partial charge in [0.25, 0.3) is 0 Å². The third-order valence-corrected chi connectivity index (χ3v) is 6.79. The van der Waals surface area contributed by atoms with Crippen LogP contribution in [0.3, 0.4) is 0 Å². The molecule has 1 fully saturated rings. The van der Waals surface area contributed by atoms with Gasteiger partial charge in [0, 0.05) is 11.4 Å². The van der Waals surface area contributed by atoms with Gasteiger partial charge in [0.2, 0.25) is 0 Å². The molecular formula is C26H25NO5S. The summed E-state index contributed by atoms with van der Waals surface area (Å²) >= 11 is 1.30. The number of likely N-dealkylation sites (tertiary alicyclic amines) is 1. The first-order valence-electron chi connectivity index (χ1n) is 10.7. The van der Waals surface area contributed by atoms with Crippen LogP contribution in [-0.2, 0) is 20.9 Å². The predicted octanol–water partition coefficient (Wildman–Crippen LogP) is 5.87. The van der Waals surface area contributed by atoms with Gasteiger partial charge in [-0.25, -0.2) is 9.59 Å². The lowest BCUT2D eigenvalue weighted by molar-refractivity contribution is -0.147. The minimum Gasteiger partial charge on any atom is -0.467 e. The number of hydrogen-bond acceptors (Lipinski definition) is 6. The third-order valence-electron chi connectivity index (χ3n) is 5.35. The number of thioether (sulfide) groups is 1. The van der Waals surface area contributed by atoms with Crippen molar-refractivity contribution < 1.29 is 23.8 Å². The minimum absolute atomic E-state index is 0.142. The van der Waals surface area contributed by atoms with E-state index in [0.29, 0.717) is 25.1 Å². The molecule has 3 aromatic rings. The first-order valence-corrected chi connectivity index (χ1v) is 11.5. The van der Waals surface area contributed by atoms with Gasteiger partial charge in [0.1, 0.15) is 18.1 Å². The summed E-state index contributed by atoms with van der Waals surface area (Å²) in [6.45, 7) is 0.564. The van der Waals surface area contributed by atoms with Crippen LogP contribution in [-0.4, -0.2) is 35.5 Å². The summed E-state index contributed by atoms with van der Waals surface area (Å²) < 4.78 is 16.5. The zero-order chi connectivity index (χ0) is 23.1. The number of rotatable bonds is 7. The molecule has 1 saturated heterocycles. The minimum atomic E-state index is -1.18. The second kappa shape index (κ2) is 10.4. The van der Waals surface area contributed by atoms with Gasteiger partial charge in [-0.05, 0) is 54.8 Å². The number of esters is 1. The van der Waals surface area contributed by atoms with Crippen LogP contribution in [0.1, 0.15) is 18.4 Å². The molecule has 3 aromatic carbocycles. The van der Waals surface area contributed by atoms with Crippen LogP contribution in [0.15, 0.2) is 89.8 Å². The summed E-state index contributed by atoms with van der Waals surface area (Å²) in [6.07, 6.45) is 0.628. The molecule has 0 radical (unpaired) electrons. The number of nitrogens with zero attached hydrogens (tertiary/aromatic N) is 1. The Kier molecular flexibility index (Phi) is 7.19. The zero-order valence-electron chi connectivity index (χ0n) is 18.3. The smallest absolute Gasteiger partial charge is 0.411 e. The Morgan fingerprint density at radius 3 is 2.21 bits per heavy atom. The molecule has 1 unspecified atom stereocenters. The Morgan fingerprint density at radius 1 is 0.909 bits per heavy atom. The highest BCUT2D eigenvalue weighted by Crippen LogP contribution is 2.45. The maximum atomic E-state index is 13.0. The summed E-state index contributed by atoms with van der Waals surface area (Å²) in [5.74, 6) is 0.960. The van der Waals surface area contributed by atoms with Crippen LogP contribution in [0.2, 0.25) is 0 Å². The maximum Gasteiger partial charge on any atom is 0.411 e. The number of benzene rings is 3. The van der Waals surface area contributed by atoms with Crippen molar-refractivity contribution in [2.45, 2.75) is 29.2 Å². The normalized spacial score (nSPS) is 17.4. The number of carbonyl (C=O) groups is 2. The Bertz CT molecular complexity index is 1070. The Labute approximate surface area is 197 Å². The highest BCUT2D eigenvalue weighted by atomic mass is 32.2. The quantitative estimate of drug-likeness (QED) is 0.408. The lowest BCUT2D eigenvalue weighted by Crippen LogP contribution is -2.51. The van der Waals surface area contributed by atoms with Crippen LogP contribution < -0.4 is 4.74 Å². The molecule has 4 rings (SSSR count). The molecule has 170 valence electrons. The van der Waals surface area contributed by atoms with Gasteiger partial charge in [0.05, 0.1) is 7.11 Å². The largest absolute Gasteiger partial charge is 0.467 e. The molecular weight excluding hydrogens is 438 g/mol. The van der Waals surface area contributed by atoms with E-state index in [1.165, 1.54) is 23.8 Å². The van der Waals surface area contributed by atoms with Crippen molar-refractivity contribution in [3.05, 3.63) is 90.5 Å². The van der Waals surface area contributed by atoms with Crippen molar-refractivity contribution in [1.29, 1.82) is 0 Å². The van der Waals surface area contributed by atoms with Gasteiger partial charge in [0.15, 0.2) is 4.87 Å². The number of carbonyl (C=O) groups excluding carboxylic acids is 2. The number of para-hydroxylation sites is 1. The highest BCUT2D eigenvalue weighted by molar-refractivity contribution is 8.01. The van der Waals surface area contributed by atoms with Crippen LogP contribution in [0.25, 0.3) is 0 Å². The Hall–Kier alpha value is -3.45. The SMILES string of the molecule is COC(=O)C1(Sc2ccc(Oc3ccccc3)cc2)CCCN1C(=O)OCc1ccccc1. The monoisotopic (exact) mass is 463 g/mol. The first kappa shape index (κ1) is 22.7. The van der Waals surface area contributed by atoms with Gasteiger partial charge >= 0.3 is 12.1 Å². The van der Waals surface area contributed by atoms with Crippen molar-refractivity contribution in [2.75, 3.05) is 13.7 Å². The maximum absolute atomic E-state index is 13.0. The molecule has 7 heteroatoms. The van der Waals surface area contributed by atoms with E-state index in [-0.39, 0.29) is 6.61 Å². The van der Waals surface area contributed by atoms with E-state index >= 15 is 0 Å². The van der Waals surface area contributed by atoms with Crippen molar-refractivity contribution in [3.8, 4) is 11.5 Å². The standard InChI is InChI=1S/C26H25NO5S/c1-30-24(28)26(17-8-18-27(26)25(29)31-19-20-9-4-2-5-10-20)33-23-15-13-22(14-16-23)32-21-11-6-3-7-12-21/h2-7,9-16H,8,17-19H2,1H3. The first-order chi connectivity index (χ1) is 16.1. The van der Waals surface area contributed by atoms with E-state index in [0.717, 1.165) is 16.2 Å². The molecule has 1 amide bonds. The molecule has 1 heterocycles. The number of ether oxygens (including phenoxy) is 3. The summed E-state index contributed by atoms with van der Waals surface area (Å²) in [4.78, 5) is 27.0. The fourth-order valence-electron chi connectivity index (χ4n) is 3.74. The second-order valence-corrected chi connectivity index (χ2v) is 8.91. The Balaban J connectivity index is 1.49. The van der Waals surface area contributed by atoms with Gasteiger partial charge < -0.3 is 14.2 Å². The van der Waals surface area contributed by atoms with Crippen molar-refractivity contribution in [1.82, 2.24) is 4.90 Å². The molecule has 1 aliphatic heterocycles. The molecule has 6 nitrogen and oxygen atoms in total. The molecule has 0 aromatic heterocycles. The molecule has 1 atom stereocenters. The highest BCUT2D eigenvalue weighted by Gasteiger charge is 2.52. The van der Waals surface area contributed by atoms with Crippen LogP contribution in [0, 0.1) is 0 Å². The van der Waals surface area contributed by atoms with E-state index in [4.69, 9.17) is 14.2 Å². The van der Waals surface area contributed by atoms with Crippen LogP contribution in [0.5, 0.6) is 11.5 Å². The van der Waals surface area contributed by atoms with Crippen LogP contribution in [0.4, 0.5) is 4.79 Å². The topological polar surface area (TPSA) is 65.1 Å². The van der Waals surface area contributed by atoms with E-state index in [1.807, 2.05) is 84.9 Å². The van der Waals surface area contributed by atoms with Crippen LogP contribution >= 0.6 is 11.8 Å². The van der Waals surface area contributed by atoms with Gasteiger partial charge in [-0.1, -0.05) is 60.3 Å². The van der Waals surface area contributed by atoms with E-state index in [9.17, 15) is 9.59 Å². The molecule has 33 heavy (non-hydrogen) atoms. The lowest BCUT2D eigenvalue weighted by Gasteiger charge is -2.34. The number of amides is 1. The molecule has 0 aliphatic carbocycles. The third kappa shape index (κ3) is 5.31. The molecule has 0 N–H and O–H groups in total. The van der Waals surface area contributed by atoms with Crippen molar-refractivity contribution in [3.63, 3.8) is 0 Å². The fraction of sp³-hybridized carbons (Fsp3) is 0.231. The number of methoxy groups -OCH3 is 1. The average Bonchev–Trinajstić information content (AvgIpc) is 3.29.